The molecule has 0 saturated heterocycles. The van der Waals surface area contributed by atoms with Gasteiger partial charge in [0.25, 0.3) is 0 Å². The second-order valence-corrected chi connectivity index (χ2v) is 5.98. The van der Waals surface area contributed by atoms with Gasteiger partial charge in [-0.15, -0.1) is 0 Å². The Balaban J connectivity index is 2.05. The van der Waals surface area contributed by atoms with Crippen LogP contribution in [0.5, 0.6) is 0 Å². The van der Waals surface area contributed by atoms with E-state index in [1.54, 1.807) is 0 Å². The lowest BCUT2D eigenvalue weighted by Gasteiger charge is -2.41. The van der Waals surface area contributed by atoms with E-state index in [0.717, 1.165) is 30.8 Å². The number of thioether (sulfide) groups is 1. The van der Waals surface area contributed by atoms with Gasteiger partial charge in [0.1, 0.15) is 5.78 Å². The smallest absolute Gasteiger partial charge is 0.133 e. The molecule has 1 saturated carbocycles. The van der Waals surface area contributed by atoms with Gasteiger partial charge in [-0.25, -0.2) is 0 Å². The fraction of sp³-hybridized carbons (Fsp3) is 0.500. The van der Waals surface area contributed by atoms with Crippen molar-refractivity contribution in [2.75, 3.05) is 5.75 Å². The van der Waals surface area contributed by atoms with Crippen LogP contribution in [0.25, 0.3) is 0 Å². The number of carbonyl (C=O) groups is 1. The van der Waals surface area contributed by atoms with Crippen LogP contribution in [0.1, 0.15) is 36.8 Å². The largest absolute Gasteiger partial charge is 0.300 e. The van der Waals surface area contributed by atoms with Crippen LogP contribution in [0.2, 0.25) is 0 Å². The van der Waals surface area contributed by atoms with Crippen LogP contribution in [-0.4, -0.2) is 11.5 Å². The molecule has 2 heteroatoms. The van der Waals surface area contributed by atoms with Crippen LogP contribution in [0, 0.1) is 0 Å². The lowest BCUT2D eigenvalue weighted by molar-refractivity contribution is -0.121. The van der Waals surface area contributed by atoms with Gasteiger partial charge < -0.3 is 0 Å². The zero-order valence-electron chi connectivity index (χ0n) is 9.37. The average Bonchev–Trinajstić information content (AvgIpc) is 2.30. The summed E-state index contributed by atoms with van der Waals surface area (Å²) >= 11 is 1.99. The molecule has 1 aromatic rings. The highest BCUT2D eigenvalue weighted by Crippen LogP contribution is 2.46. The summed E-state index contributed by atoms with van der Waals surface area (Å²) in [6, 6.07) is 8.70. The quantitative estimate of drug-likeness (QED) is 0.682. The Morgan fingerprint density at radius 1 is 1.25 bits per heavy atom. The molecular weight excluding hydrogens is 216 g/mol. The van der Waals surface area contributed by atoms with E-state index in [-0.39, 0.29) is 5.41 Å². The van der Waals surface area contributed by atoms with Crippen LogP contribution >= 0.6 is 11.8 Å². The summed E-state index contributed by atoms with van der Waals surface area (Å²) < 4.78 is 0. The Kier molecular flexibility index (Phi) is 2.55. The number of hydrogen-bond acceptors (Lipinski definition) is 2. The van der Waals surface area contributed by atoms with E-state index in [0.29, 0.717) is 5.78 Å². The SMILES string of the molecule is O=C1CCCC2(CSCc3ccccc32)C1. The fourth-order valence-corrected chi connectivity index (χ4v) is 4.50. The van der Waals surface area contributed by atoms with Crippen molar-refractivity contribution in [2.45, 2.75) is 36.9 Å². The molecule has 1 heterocycles. The van der Waals surface area contributed by atoms with Crippen molar-refractivity contribution in [3.63, 3.8) is 0 Å². The average molecular weight is 232 g/mol. The Labute approximate surface area is 101 Å². The van der Waals surface area contributed by atoms with Gasteiger partial charge in [0.05, 0.1) is 0 Å². The van der Waals surface area contributed by atoms with Crippen molar-refractivity contribution < 1.29 is 4.79 Å². The minimum Gasteiger partial charge on any atom is -0.300 e. The third-order valence-corrected chi connectivity index (χ3v) is 5.14. The topological polar surface area (TPSA) is 17.1 Å². The van der Waals surface area contributed by atoms with Crippen LogP contribution in [0.4, 0.5) is 0 Å². The molecule has 1 aromatic carbocycles. The minimum absolute atomic E-state index is 0.175. The first-order valence-electron chi connectivity index (χ1n) is 5.98. The molecule has 1 unspecified atom stereocenters. The van der Waals surface area contributed by atoms with Gasteiger partial charge in [-0.05, 0) is 24.0 Å². The van der Waals surface area contributed by atoms with E-state index in [9.17, 15) is 4.79 Å². The highest BCUT2D eigenvalue weighted by molar-refractivity contribution is 7.98. The van der Waals surface area contributed by atoms with Gasteiger partial charge in [0.15, 0.2) is 0 Å². The number of benzene rings is 1. The molecule has 84 valence electrons. The summed E-state index contributed by atoms with van der Waals surface area (Å²) in [5, 5.41) is 0. The molecule has 1 aliphatic heterocycles. The number of fused-ring (bicyclic) bond motifs is 2. The molecule has 1 nitrogen and oxygen atoms in total. The molecule has 1 atom stereocenters. The fourth-order valence-electron chi connectivity index (χ4n) is 3.13. The Morgan fingerprint density at radius 3 is 3.00 bits per heavy atom. The predicted molar refractivity (Wildman–Crippen MR) is 67.8 cm³/mol. The Bertz CT molecular complexity index is 426. The first-order valence-corrected chi connectivity index (χ1v) is 7.13. The van der Waals surface area contributed by atoms with Crippen molar-refractivity contribution in [2.24, 2.45) is 0 Å². The molecule has 0 radical (unpaired) electrons. The van der Waals surface area contributed by atoms with E-state index in [2.05, 4.69) is 24.3 Å². The van der Waals surface area contributed by atoms with Crippen molar-refractivity contribution in [3.05, 3.63) is 35.4 Å². The molecule has 0 N–H and O–H groups in total. The number of rotatable bonds is 0. The van der Waals surface area contributed by atoms with E-state index in [1.165, 1.54) is 17.5 Å². The highest BCUT2D eigenvalue weighted by Gasteiger charge is 2.40. The number of Topliss-reactive ketones (excluding diaryl/α,β-unsaturated/α-hetero) is 1. The standard InChI is InChI=1S/C14H16OS/c15-12-5-3-7-14(8-12)10-16-9-11-4-1-2-6-13(11)14/h1-2,4,6H,3,5,7-10H2. The Hall–Kier alpha value is -0.760. The maximum atomic E-state index is 11.7. The van der Waals surface area contributed by atoms with E-state index < -0.39 is 0 Å². The summed E-state index contributed by atoms with van der Waals surface area (Å²) in [4.78, 5) is 11.7. The first-order chi connectivity index (χ1) is 7.80. The second-order valence-electron chi connectivity index (χ2n) is 5.00. The summed E-state index contributed by atoms with van der Waals surface area (Å²) in [6.07, 6.45) is 3.85. The van der Waals surface area contributed by atoms with Gasteiger partial charge in [-0.1, -0.05) is 24.3 Å². The van der Waals surface area contributed by atoms with Gasteiger partial charge in [0.2, 0.25) is 0 Å². The van der Waals surface area contributed by atoms with Crippen LogP contribution in [0.3, 0.4) is 0 Å². The van der Waals surface area contributed by atoms with E-state index in [1.807, 2.05) is 11.8 Å². The normalized spacial score (nSPS) is 29.1. The minimum atomic E-state index is 0.175. The second kappa shape index (κ2) is 3.92. The van der Waals surface area contributed by atoms with Gasteiger partial charge in [0, 0.05) is 29.8 Å². The Morgan fingerprint density at radius 2 is 2.12 bits per heavy atom. The van der Waals surface area contributed by atoms with Gasteiger partial charge in [-0.2, -0.15) is 11.8 Å². The summed E-state index contributed by atoms with van der Waals surface area (Å²) in [5.41, 5.74) is 3.09. The molecule has 0 amide bonds. The maximum Gasteiger partial charge on any atom is 0.133 e. The molecule has 3 rings (SSSR count). The van der Waals surface area contributed by atoms with Crippen molar-refractivity contribution in [1.29, 1.82) is 0 Å². The van der Waals surface area contributed by atoms with Crippen molar-refractivity contribution in [3.8, 4) is 0 Å². The van der Waals surface area contributed by atoms with Crippen molar-refractivity contribution >= 4 is 17.5 Å². The van der Waals surface area contributed by atoms with Gasteiger partial charge >= 0.3 is 0 Å². The third-order valence-electron chi connectivity index (χ3n) is 3.87. The first kappa shape index (κ1) is 10.4. The number of ketones is 1. The molecule has 0 aromatic heterocycles. The summed E-state index contributed by atoms with van der Waals surface area (Å²) in [7, 11) is 0. The molecule has 1 spiro atoms. The lowest BCUT2D eigenvalue weighted by atomic mass is 9.69. The molecule has 1 fully saturated rings. The zero-order chi connectivity index (χ0) is 11.0. The number of hydrogen-bond donors (Lipinski definition) is 0. The molecule has 1 aliphatic carbocycles. The van der Waals surface area contributed by atoms with Crippen LogP contribution in [0.15, 0.2) is 24.3 Å². The van der Waals surface area contributed by atoms with E-state index in [4.69, 9.17) is 0 Å². The maximum absolute atomic E-state index is 11.7. The van der Waals surface area contributed by atoms with Crippen LogP contribution < -0.4 is 0 Å². The van der Waals surface area contributed by atoms with Crippen LogP contribution in [-0.2, 0) is 16.0 Å². The summed E-state index contributed by atoms with van der Waals surface area (Å²) in [5.74, 6) is 2.71. The highest BCUT2D eigenvalue weighted by atomic mass is 32.2. The number of carbonyl (C=O) groups excluding carboxylic acids is 1. The monoisotopic (exact) mass is 232 g/mol. The van der Waals surface area contributed by atoms with Crippen molar-refractivity contribution in [1.82, 2.24) is 0 Å². The molecule has 16 heavy (non-hydrogen) atoms. The third kappa shape index (κ3) is 1.60. The molecule has 2 aliphatic rings. The lowest BCUT2D eigenvalue weighted by Crippen LogP contribution is -2.38. The molecular formula is C14H16OS. The van der Waals surface area contributed by atoms with E-state index >= 15 is 0 Å². The summed E-state index contributed by atoms with van der Waals surface area (Å²) in [6.45, 7) is 0. The molecule has 0 bridgehead atoms. The van der Waals surface area contributed by atoms with Gasteiger partial charge in [-0.3, -0.25) is 4.79 Å². The predicted octanol–water partition coefficient (Wildman–Crippen LogP) is 3.31. The zero-order valence-corrected chi connectivity index (χ0v) is 10.2.